The van der Waals surface area contributed by atoms with Crippen molar-refractivity contribution in [3.63, 3.8) is 0 Å². The molecular formula is C13H20BrN3O. The molecule has 0 heterocycles. The van der Waals surface area contributed by atoms with Crippen LogP contribution in [-0.4, -0.2) is 25.5 Å². The number of hydrogen-bond acceptors (Lipinski definition) is 3. The zero-order chi connectivity index (χ0) is 13.7. The zero-order valence-corrected chi connectivity index (χ0v) is 12.6. The summed E-state index contributed by atoms with van der Waals surface area (Å²) in [4.78, 5) is 13.6. The molecule has 1 aromatic rings. The van der Waals surface area contributed by atoms with Gasteiger partial charge in [0, 0.05) is 24.1 Å². The number of carbonyl (C=O) groups is 1. The van der Waals surface area contributed by atoms with Crippen LogP contribution in [0.15, 0.2) is 22.7 Å². The Morgan fingerprint density at radius 1 is 1.50 bits per heavy atom. The summed E-state index contributed by atoms with van der Waals surface area (Å²) >= 11 is 3.50. The molecule has 0 aliphatic rings. The number of halogens is 1. The van der Waals surface area contributed by atoms with Crippen molar-refractivity contribution in [2.75, 3.05) is 18.5 Å². The van der Waals surface area contributed by atoms with Gasteiger partial charge in [-0.2, -0.15) is 0 Å². The fourth-order valence-electron chi connectivity index (χ4n) is 1.66. The van der Waals surface area contributed by atoms with Gasteiger partial charge in [-0.15, -0.1) is 0 Å². The Bertz CT molecular complexity index is 421. The monoisotopic (exact) mass is 313 g/mol. The van der Waals surface area contributed by atoms with E-state index in [9.17, 15) is 4.79 Å². The lowest BCUT2D eigenvalue weighted by Crippen LogP contribution is -2.38. The van der Waals surface area contributed by atoms with E-state index in [1.165, 1.54) is 0 Å². The second kappa shape index (κ2) is 6.75. The van der Waals surface area contributed by atoms with Crippen LogP contribution in [-0.2, 0) is 11.3 Å². The fourth-order valence-corrected chi connectivity index (χ4v) is 2.38. The summed E-state index contributed by atoms with van der Waals surface area (Å²) in [6.07, 6.45) is 0. The molecular weight excluding hydrogens is 294 g/mol. The zero-order valence-electron chi connectivity index (χ0n) is 11.0. The quantitative estimate of drug-likeness (QED) is 0.872. The first-order valence-electron chi connectivity index (χ1n) is 5.93. The van der Waals surface area contributed by atoms with Gasteiger partial charge in [-0.3, -0.25) is 4.79 Å². The number of nitrogens with zero attached hydrogens (tertiary/aromatic N) is 1. The normalized spacial score (nSPS) is 10.6. The number of hydrogen-bond donors (Lipinski definition) is 2. The average molecular weight is 314 g/mol. The molecule has 100 valence electrons. The second-order valence-electron chi connectivity index (χ2n) is 4.57. The molecule has 3 N–H and O–H groups in total. The van der Waals surface area contributed by atoms with Crippen molar-refractivity contribution in [1.82, 2.24) is 5.32 Å². The van der Waals surface area contributed by atoms with Crippen LogP contribution in [0.25, 0.3) is 0 Å². The first-order valence-corrected chi connectivity index (χ1v) is 6.72. The van der Waals surface area contributed by atoms with Gasteiger partial charge in [-0.05, 0) is 47.5 Å². The summed E-state index contributed by atoms with van der Waals surface area (Å²) in [6, 6.07) is 6.08. The SMILES string of the molecule is CC(C)NC(=O)CN(C)c1ccc(CN)cc1Br. The van der Waals surface area contributed by atoms with Gasteiger partial charge in [0.1, 0.15) is 0 Å². The highest BCUT2D eigenvalue weighted by atomic mass is 79.9. The van der Waals surface area contributed by atoms with Crippen molar-refractivity contribution >= 4 is 27.5 Å². The third-order valence-electron chi connectivity index (χ3n) is 2.49. The number of likely N-dealkylation sites (N-methyl/N-ethyl adjacent to an activating group) is 1. The van der Waals surface area contributed by atoms with E-state index in [-0.39, 0.29) is 11.9 Å². The molecule has 1 rings (SSSR count). The standard InChI is InChI=1S/C13H20BrN3O/c1-9(2)16-13(18)8-17(3)12-5-4-10(7-15)6-11(12)14/h4-6,9H,7-8,15H2,1-3H3,(H,16,18). The lowest BCUT2D eigenvalue weighted by atomic mass is 10.2. The molecule has 0 saturated heterocycles. The molecule has 0 bridgehead atoms. The van der Waals surface area contributed by atoms with E-state index in [1.807, 2.05) is 44.0 Å². The van der Waals surface area contributed by atoms with E-state index in [0.717, 1.165) is 15.7 Å². The topological polar surface area (TPSA) is 58.4 Å². The highest BCUT2D eigenvalue weighted by Gasteiger charge is 2.11. The van der Waals surface area contributed by atoms with E-state index < -0.39 is 0 Å². The molecule has 1 aromatic carbocycles. The lowest BCUT2D eigenvalue weighted by molar-refractivity contribution is -0.120. The summed E-state index contributed by atoms with van der Waals surface area (Å²) in [6.45, 7) is 4.74. The van der Waals surface area contributed by atoms with Crippen LogP contribution in [0.4, 0.5) is 5.69 Å². The summed E-state index contributed by atoms with van der Waals surface area (Å²) in [5, 5.41) is 2.87. The minimum Gasteiger partial charge on any atom is -0.364 e. The summed E-state index contributed by atoms with van der Waals surface area (Å²) < 4.78 is 0.949. The molecule has 0 radical (unpaired) electrons. The molecule has 4 nitrogen and oxygen atoms in total. The number of carbonyl (C=O) groups excluding carboxylic acids is 1. The Labute approximate surface area is 117 Å². The average Bonchev–Trinajstić information content (AvgIpc) is 2.27. The fraction of sp³-hybridized carbons (Fsp3) is 0.462. The Hall–Kier alpha value is -1.07. The highest BCUT2D eigenvalue weighted by molar-refractivity contribution is 9.10. The predicted octanol–water partition coefficient (Wildman–Crippen LogP) is 1.87. The maximum absolute atomic E-state index is 11.7. The summed E-state index contributed by atoms with van der Waals surface area (Å²) in [5.74, 6) is 0.0160. The van der Waals surface area contributed by atoms with Crippen LogP contribution in [0.5, 0.6) is 0 Å². The molecule has 18 heavy (non-hydrogen) atoms. The Morgan fingerprint density at radius 3 is 2.67 bits per heavy atom. The van der Waals surface area contributed by atoms with E-state index in [1.54, 1.807) is 0 Å². The predicted molar refractivity (Wildman–Crippen MR) is 78.6 cm³/mol. The molecule has 0 aliphatic heterocycles. The number of nitrogens with two attached hydrogens (primary N) is 1. The second-order valence-corrected chi connectivity index (χ2v) is 5.42. The van der Waals surface area contributed by atoms with Gasteiger partial charge in [-0.1, -0.05) is 6.07 Å². The molecule has 5 heteroatoms. The molecule has 0 saturated carbocycles. The Balaban J connectivity index is 2.72. The van der Waals surface area contributed by atoms with Crippen LogP contribution in [0.2, 0.25) is 0 Å². The van der Waals surface area contributed by atoms with Crippen LogP contribution in [0.1, 0.15) is 19.4 Å². The van der Waals surface area contributed by atoms with Gasteiger partial charge in [0.25, 0.3) is 0 Å². The maximum atomic E-state index is 11.7. The third kappa shape index (κ3) is 4.31. The van der Waals surface area contributed by atoms with E-state index in [2.05, 4.69) is 21.2 Å². The van der Waals surface area contributed by atoms with Crippen molar-refractivity contribution in [2.24, 2.45) is 5.73 Å². The molecule has 0 unspecified atom stereocenters. The van der Waals surface area contributed by atoms with Crippen LogP contribution >= 0.6 is 15.9 Å². The maximum Gasteiger partial charge on any atom is 0.239 e. The van der Waals surface area contributed by atoms with E-state index >= 15 is 0 Å². The largest absolute Gasteiger partial charge is 0.364 e. The van der Waals surface area contributed by atoms with Gasteiger partial charge >= 0.3 is 0 Å². The van der Waals surface area contributed by atoms with Crippen molar-refractivity contribution in [3.05, 3.63) is 28.2 Å². The van der Waals surface area contributed by atoms with Gasteiger partial charge in [0.2, 0.25) is 5.91 Å². The smallest absolute Gasteiger partial charge is 0.239 e. The van der Waals surface area contributed by atoms with Gasteiger partial charge in [0.05, 0.1) is 12.2 Å². The van der Waals surface area contributed by atoms with Crippen LogP contribution in [0.3, 0.4) is 0 Å². The summed E-state index contributed by atoms with van der Waals surface area (Å²) in [5.41, 5.74) is 7.62. The number of nitrogens with one attached hydrogen (secondary N) is 1. The highest BCUT2D eigenvalue weighted by Crippen LogP contribution is 2.26. The molecule has 0 aliphatic carbocycles. The molecule has 0 fully saturated rings. The van der Waals surface area contributed by atoms with Gasteiger partial charge in [-0.25, -0.2) is 0 Å². The van der Waals surface area contributed by atoms with Crippen molar-refractivity contribution in [2.45, 2.75) is 26.4 Å². The minimum atomic E-state index is 0.0160. The van der Waals surface area contributed by atoms with Gasteiger partial charge < -0.3 is 16.0 Å². The Morgan fingerprint density at radius 2 is 2.17 bits per heavy atom. The minimum absolute atomic E-state index is 0.0160. The van der Waals surface area contributed by atoms with Crippen LogP contribution < -0.4 is 16.0 Å². The van der Waals surface area contributed by atoms with E-state index in [4.69, 9.17) is 5.73 Å². The summed E-state index contributed by atoms with van der Waals surface area (Å²) in [7, 11) is 1.89. The number of rotatable bonds is 5. The lowest BCUT2D eigenvalue weighted by Gasteiger charge is -2.21. The van der Waals surface area contributed by atoms with Crippen molar-refractivity contribution in [1.29, 1.82) is 0 Å². The Kier molecular flexibility index (Phi) is 5.62. The number of anilines is 1. The first-order chi connectivity index (χ1) is 8.43. The number of amides is 1. The molecule has 1 amide bonds. The third-order valence-corrected chi connectivity index (χ3v) is 3.12. The molecule has 0 atom stereocenters. The number of benzene rings is 1. The first kappa shape index (κ1) is 15.0. The van der Waals surface area contributed by atoms with Crippen LogP contribution in [0, 0.1) is 0 Å². The van der Waals surface area contributed by atoms with Crippen molar-refractivity contribution < 1.29 is 4.79 Å². The van der Waals surface area contributed by atoms with Gasteiger partial charge in [0.15, 0.2) is 0 Å². The molecule has 0 spiro atoms. The van der Waals surface area contributed by atoms with E-state index in [0.29, 0.717) is 13.1 Å². The molecule has 0 aromatic heterocycles. The van der Waals surface area contributed by atoms with Crippen molar-refractivity contribution in [3.8, 4) is 0 Å².